The van der Waals surface area contributed by atoms with Gasteiger partial charge in [0, 0.05) is 5.92 Å². The Hall–Kier alpha value is -1.81. The van der Waals surface area contributed by atoms with E-state index in [1.54, 1.807) is 16.4 Å². The number of fused-ring (bicyclic) bond motifs is 7. The fourth-order valence-electron chi connectivity index (χ4n) is 5.28. The summed E-state index contributed by atoms with van der Waals surface area (Å²) in [6.07, 6.45) is 3.60. The number of hydrogen-bond donors (Lipinski definition) is 0. The van der Waals surface area contributed by atoms with Gasteiger partial charge in [0.15, 0.2) is 0 Å². The van der Waals surface area contributed by atoms with Gasteiger partial charge in [-0.2, -0.15) is 0 Å². The van der Waals surface area contributed by atoms with Crippen molar-refractivity contribution in [3.05, 3.63) is 59.7 Å². The third-order valence-electron chi connectivity index (χ3n) is 6.25. The van der Waals surface area contributed by atoms with Gasteiger partial charge in [-0.3, -0.25) is 4.31 Å². The van der Waals surface area contributed by atoms with Crippen LogP contribution in [0.15, 0.2) is 53.4 Å². The summed E-state index contributed by atoms with van der Waals surface area (Å²) in [6.45, 7) is 1.98. The molecule has 24 heavy (non-hydrogen) atoms. The molecule has 3 nitrogen and oxygen atoms in total. The van der Waals surface area contributed by atoms with Crippen LogP contribution in [-0.4, -0.2) is 14.5 Å². The first-order chi connectivity index (χ1) is 11.6. The Morgan fingerprint density at radius 1 is 0.958 bits per heavy atom. The van der Waals surface area contributed by atoms with Gasteiger partial charge < -0.3 is 0 Å². The van der Waals surface area contributed by atoms with E-state index >= 15 is 0 Å². The van der Waals surface area contributed by atoms with Crippen LogP contribution in [-0.2, 0) is 10.0 Å². The Kier molecular flexibility index (Phi) is 2.94. The summed E-state index contributed by atoms with van der Waals surface area (Å²) in [5, 5.41) is 0. The van der Waals surface area contributed by atoms with E-state index in [4.69, 9.17) is 0 Å². The highest BCUT2D eigenvalue weighted by Crippen LogP contribution is 2.61. The molecule has 4 heteroatoms. The second-order valence-electron chi connectivity index (χ2n) is 7.52. The lowest BCUT2D eigenvalue weighted by atomic mass is 9.82. The van der Waals surface area contributed by atoms with Gasteiger partial charge in [0.2, 0.25) is 0 Å². The molecule has 1 heterocycles. The van der Waals surface area contributed by atoms with Crippen LogP contribution < -0.4 is 4.31 Å². The molecule has 124 valence electrons. The second kappa shape index (κ2) is 4.85. The van der Waals surface area contributed by atoms with Crippen molar-refractivity contribution >= 4 is 15.7 Å². The average Bonchev–Trinajstić information content (AvgIpc) is 3.26. The molecular formula is C20H21NO2S. The second-order valence-corrected chi connectivity index (χ2v) is 9.34. The third-order valence-corrected chi connectivity index (χ3v) is 8.08. The maximum atomic E-state index is 13.5. The van der Waals surface area contributed by atoms with Crippen molar-refractivity contribution in [3.63, 3.8) is 0 Å². The van der Waals surface area contributed by atoms with Crippen LogP contribution in [0.2, 0.25) is 0 Å². The fourth-order valence-corrected chi connectivity index (χ4v) is 7.04. The summed E-state index contributed by atoms with van der Waals surface area (Å²) >= 11 is 0. The molecule has 2 aliphatic carbocycles. The molecule has 0 amide bonds. The fraction of sp³-hybridized carbons (Fsp3) is 0.400. The standard InChI is InChI=1S/C20H21NO2S/c1-13-6-10-16(11-7-13)24(22,23)21-18-5-3-2-4-17(18)19-14-8-9-15(12-14)20(19)21/h2-7,10-11,14-15,19-20H,8-9,12H2,1H3/t14-,15+,19-,20-/m1/s1. The molecule has 1 aliphatic heterocycles. The van der Waals surface area contributed by atoms with E-state index in [0.717, 1.165) is 11.3 Å². The normalized spacial score (nSPS) is 30.5. The Bertz CT molecular complexity index is 903. The minimum absolute atomic E-state index is 0.118. The van der Waals surface area contributed by atoms with Crippen molar-refractivity contribution in [2.45, 2.75) is 43.0 Å². The molecule has 2 bridgehead atoms. The summed E-state index contributed by atoms with van der Waals surface area (Å²) in [6, 6.07) is 15.5. The molecule has 0 N–H and O–H groups in total. The molecule has 0 radical (unpaired) electrons. The van der Waals surface area contributed by atoms with Gasteiger partial charge in [-0.25, -0.2) is 8.42 Å². The van der Waals surface area contributed by atoms with Gasteiger partial charge in [-0.15, -0.1) is 0 Å². The van der Waals surface area contributed by atoms with Gasteiger partial charge in [0.05, 0.1) is 16.6 Å². The number of aryl methyl sites for hydroxylation is 1. The third kappa shape index (κ3) is 1.80. The Labute approximate surface area is 143 Å². The van der Waals surface area contributed by atoms with Crippen LogP contribution in [0.5, 0.6) is 0 Å². The average molecular weight is 339 g/mol. The zero-order valence-corrected chi connectivity index (χ0v) is 14.5. The summed E-state index contributed by atoms with van der Waals surface area (Å²) in [5.41, 5.74) is 3.23. The highest BCUT2D eigenvalue weighted by atomic mass is 32.2. The largest absolute Gasteiger partial charge is 0.264 e. The SMILES string of the molecule is Cc1ccc(S(=O)(=O)N2c3ccccc3[C@H]3[C@@H]4CC[C@@H](C4)[C@H]32)cc1. The van der Waals surface area contributed by atoms with Crippen LogP contribution in [0.1, 0.15) is 36.3 Å². The van der Waals surface area contributed by atoms with Crippen molar-refractivity contribution in [2.75, 3.05) is 4.31 Å². The molecule has 0 spiro atoms. The lowest BCUT2D eigenvalue weighted by Gasteiger charge is -2.32. The summed E-state index contributed by atoms with van der Waals surface area (Å²) in [4.78, 5) is 0.409. The smallest absolute Gasteiger partial charge is 0.262 e. The van der Waals surface area contributed by atoms with Crippen LogP contribution in [0.25, 0.3) is 0 Å². The number of sulfonamides is 1. The van der Waals surface area contributed by atoms with Gasteiger partial charge in [0.25, 0.3) is 10.0 Å². The van der Waals surface area contributed by atoms with Gasteiger partial charge in [-0.1, -0.05) is 35.9 Å². The molecule has 0 unspecified atom stereocenters. The summed E-state index contributed by atoms with van der Waals surface area (Å²) in [5.74, 6) is 1.55. The maximum absolute atomic E-state index is 13.5. The van der Waals surface area contributed by atoms with E-state index in [1.807, 2.05) is 37.3 Å². The molecule has 2 aromatic carbocycles. The highest BCUT2D eigenvalue weighted by Gasteiger charge is 2.57. The molecule has 2 fully saturated rings. The lowest BCUT2D eigenvalue weighted by molar-refractivity contribution is 0.385. The zero-order chi connectivity index (χ0) is 16.5. The number of hydrogen-bond acceptors (Lipinski definition) is 2. The van der Waals surface area contributed by atoms with E-state index in [1.165, 1.54) is 24.8 Å². The van der Waals surface area contributed by atoms with E-state index in [0.29, 0.717) is 22.6 Å². The monoisotopic (exact) mass is 339 g/mol. The molecule has 0 aromatic heterocycles. The molecule has 2 saturated carbocycles. The predicted molar refractivity (Wildman–Crippen MR) is 94.6 cm³/mol. The first-order valence-corrected chi connectivity index (χ1v) is 10.2. The van der Waals surface area contributed by atoms with Crippen molar-refractivity contribution in [2.24, 2.45) is 11.8 Å². The summed E-state index contributed by atoms with van der Waals surface area (Å²) in [7, 11) is -3.51. The first-order valence-electron chi connectivity index (χ1n) is 8.77. The predicted octanol–water partition coefficient (Wildman–Crippen LogP) is 4.09. The summed E-state index contributed by atoms with van der Waals surface area (Å²) < 4.78 is 28.7. The molecule has 0 saturated heterocycles. The van der Waals surface area contributed by atoms with Gasteiger partial charge in [0.1, 0.15) is 0 Å². The lowest BCUT2D eigenvalue weighted by Crippen LogP contribution is -2.42. The molecule has 2 aromatic rings. The van der Waals surface area contributed by atoms with Crippen molar-refractivity contribution in [1.29, 1.82) is 0 Å². The van der Waals surface area contributed by atoms with Gasteiger partial charge in [-0.05, 0) is 61.8 Å². The Balaban J connectivity index is 1.68. The quantitative estimate of drug-likeness (QED) is 0.826. The Morgan fingerprint density at radius 2 is 1.67 bits per heavy atom. The number of nitrogens with zero attached hydrogens (tertiary/aromatic N) is 1. The number of anilines is 1. The maximum Gasteiger partial charge on any atom is 0.264 e. The van der Waals surface area contributed by atoms with Crippen LogP contribution in [0.4, 0.5) is 5.69 Å². The minimum atomic E-state index is -3.51. The van der Waals surface area contributed by atoms with E-state index in [2.05, 4.69) is 6.07 Å². The van der Waals surface area contributed by atoms with Crippen LogP contribution >= 0.6 is 0 Å². The van der Waals surface area contributed by atoms with E-state index < -0.39 is 10.0 Å². The molecule has 4 atom stereocenters. The van der Waals surface area contributed by atoms with Crippen molar-refractivity contribution < 1.29 is 8.42 Å². The Morgan fingerprint density at radius 3 is 2.46 bits per heavy atom. The number of benzene rings is 2. The van der Waals surface area contributed by atoms with Gasteiger partial charge >= 0.3 is 0 Å². The molecule has 5 rings (SSSR count). The van der Waals surface area contributed by atoms with Crippen LogP contribution in [0, 0.1) is 18.8 Å². The molecule has 3 aliphatic rings. The van der Waals surface area contributed by atoms with E-state index in [-0.39, 0.29) is 6.04 Å². The highest BCUT2D eigenvalue weighted by molar-refractivity contribution is 7.92. The minimum Gasteiger partial charge on any atom is -0.262 e. The number of para-hydroxylation sites is 1. The zero-order valence-electron chi connectivity index (χ0n) is 13.7. The van der Waals surface area contributed by atoms with Crippen molar-refractivity contribution in [1.82, 2.24) is 0 Å². The molecular weight excluding hydrogens is 318 g/mol. The first kappa shape index (κ1) is 14.5. The van der Waals surface area contributed by atoms with Crippen LogP contribution in [0.3, 0.4) is 0 Å². The van der Waals surface area contributed by atoms with Crippen molar-refractivity contribution in [3.8, 4) is 0 Å². The topological polar surface area (TPSA) is 37.4 Å². The number of rotatable bonds is 2. The van der Waals surface area contributed by atoms with E-state index in [9.17, 15) is 8.42 Å².